The van der Waals surface area contributed by atoms with Gasteiger partial charge in [-0.15, -0.1) is 0 Å². The number of benzene rings is 1. The highest BCUT2D eigenvalue weighted by atomic mass is 32.2. The number of carbonyl (C=O) groups is 1. The Kier molecular flexibility index (Phi) is 6.37. The van der Waals surface area contributed by atoms with E-state index in [1.807, 2.05) is 0 Å². The van der Waals surface area contributed by atoms with Gasteiger partial charge in [-0.25, -0.2) is 8.42 Å². The Labute approximate surface area is 136 Å². The number of aromatic nitrogens is 2. The number of hydrogen-bond donors (Lipinski definition) is 3. The second-order valence-electron chi connectivity index (χ2n) is 4.20. The summed E-state index contributed by atoms with van der Waals surface area (Å²) >= 11 is 0. The van der Waals surface area contributed by atoms with Gasteiger partial charge in [0.15, 0.2) is 0 Å². The fraction of sp³-hybridized carbons (Fsp3) is 0.154. The molecule has 11 heteroatoms. The molecular weight excluding hydrogens is 344 g/mol. The van der Waals surface area contributed by atoms with Crippen molar-refractivity contribution in [1.82, 2.24) is 10.2 Å². The SMILES string of the molecule is CC#N.NC(=O)c1cn[nH]c1Nc1ccc(S(=O)(=O)C(F)F)cc1. The molecule has 128 valence electrons. The van der Waals surface area contributed by atoms with Crippen molar-refractivity contribution >= 4 is 27.2 Å². The molecule has 0 radical (unpaired) electrons. The lowest BCUT2D eigenvalue weighted by Crippen LogP contribution is -2.12. The topological polar surface area (TPSA) is 142 Å². The first-order chi connectivity index (χ1) is 11.2. The quantitative estimate of drug-likeness (QED) is 0.744. The zero-order valence-electron chi connectivity index (χ0n) is 12.3. The van der Waals surface area contributed by atoms with Gasteiger partial charge in [-0.2, -0.15) is 19.1 Å². The van der Waals surface area contributed by atoms with Crippen molar-refractivity contribution in [2.45, 2.75) is 17.6 Å². The number of halogens is 2. The van der Waals surface area contributed by atoms with E-state index in [1.54, 1.807) is 6.07 Å². The van der Waals surface area contributed by atoms with E-state index in [2.05, 4.69) is 15.5 Å². The molecule has 0 aliphatic rings. The predicted molar refractivity (Wildman–Crippen MR) is 81.3 cm³/mol. The molecule has 2 aromatic rings. The number of amides is 1. The maximum absolute atomic E-state index is 12.4. The second kappa shape index (κ2) is 8.02. The number of rotatable bonds is 5. The Morgan fingerprint density at radius 2 is 1.92 bits per heavy atom. The summed E-state index contributed by atoms with van der Waals surface area (Å²) in [6.45, 7) is 1.43. The van der Waals surface area contributed by atoms with Crippen LogP contribution in [0.2, 0.25) is 0 Å². The highest BCUT2D eigenvalue weighted by molar-refractivity contribution is 7.91. The Balaban J connectivity index is 0.000000891. The first-order valence-electron chi connectivity index (χ1n) is 6.27. The Morgan fingerprint density at radius 1 is 1.38 bits per heavy atom. The molecule has 0 aliphatic carbocycles. The third kappa shape index (κ3) is 4.50. The first kappa shape index (κ1) is 19.0. The summed E-state index contributed by atoms with van der Waals surface area (Å²) in [5, 5.41) is 16.2. The number of aromatic amines is 1. The maximum Gasteiger partial charge on any atom is 0.341 e. The lowest BCUT2D eigenvalue weighted by atomic mass is 10.3. The van der Waals surface area contributed by atoms with Crippen molar-refractivity contribution in [3.8, 4) is 6.07 Å². The number of nitriles is 1. The zero-order valence-corrected chi connectivity index (χ0v) is 13.1. The standard InChI is InChI=1S/C11H10F2N4O3S.C2H3N/c12-11(13)21(19,20)7-3-1-6(2-4-7)16-10-8(9(14)18)5-15-17-10;1-2-3/h1-5,11H,(H2,14,18)(H2,15,16,17);1H3. The summed E-state index contributed by atoms with van der Waals surface area (Å²) in [6, 6.07) is 6.37. The minimum absolute atomic E-state index is 0.110. The summed E-state index contributed by atoms with van der Waals surface area (Å²) in [7, 11) is -4.63. The fourth-order valence-corrected chi connectivity index (χ4v) is 2.26. The maximum atomic E-state index is 12.4. The Bertz CT molecular complexity index is 841. The van der Waals surface area contributed by atoms with Crippen molar-refractivity contribution in [2.75, 3.05) is 5.32 Å². The predicted octanol–water partition coefficient (Wildman–Crippen LogP) is 1.78. The molecule has 0 aliphatic heterocycles. The molecule has 0 atom stereocenters. The van der Waals surface area contributed by atoms with Gasteiger partial charge in [0.25, 0.3) is 5.91 Å². The van der Waals surface area contributed by atoms with Crippen molar-refractivity contribution < 1.29 is 22.0 Å². The number of sulfone groups is 1. The van der Waals surface area contributed by atoms with E-state index in [0.29, 0.717) is 5.69 Å². The van der Waals surface area contributed by atoms with Crippen LogP contribution in [-0.2, 0) is 9.84 Å². The van der Waals surface area contributed by atoms with Gasteiger partial charge in [0, 0.05) is 12.6 Å². The molecular formula is C13H13F2N5O3S. The molecule has 0 spiro atoms. The number of primary amides is 1. The van der Waals surface area contributed by atoms with Gasteiger partial charge in [-0.1, -0.05) is 0 Å². The van der Waals surface area contributed by atoms with Gasteiger partial charge >= 0.3 is 5.76 Å². The molecule has 0 unspecified atom stereocenters. The summed E-state index contributed by atoms with van der Waals surface area (Å²) < 4.78 is 47.3. The smallest absolute Gasteiger partial charge is 0.341 e. The molecule has 1 heterocycles. The number of alkyl halides is 2. The van der Waals surface area contributed by atoms with Crippen LogP contribution in [0.15, 0.2) is 35.4 Å². The van der Waals surface area contributed by atoms with Gasteiger partial charge in [-0.3, -0.25) is 9.89 Å². The van der Waals surface area contributed by atoms with E-state index in [0.717, 1.165) is 12.1 Å². The van der Waals surface area contributed by atoms with Gasteiger partial charge in [0.2, 0.25) is 9.84 Å². The van der Waals surface area contributed by atoms with Crippen LogP contribution in [0, 0.1) is 11.3 Å². The molecule has 2 rings (SSSR count). The van der Waals surface area contributed by atoms with Crippen LogP contribution in [0.25, 0.3) is 0 Å². The van der Waals surface area contributed by atoms with E-state index >= 15 is 0 Å². The highest BCUT2D eigenvalue weighted by Crippen LogP contribution is 2.22. The first-order valence-corrected chi connectivity index (χ1v) is 7.81. The van der Waals surface area contributed by atoms with E-state index in [4.69, 9.17) is 11.0 Å². The summed E-state index contributed by atoms with van der Waals surface area (Å²) in [5.74, 6) is -3.97. The average molecular weight is 357 g/mol. The molecule has 0 saturated carbocycles. The molecule has 24 heavy (non-hydrogen) atoms. The zero-order chi connectivity index (χ0) is 18.3. The van der Waals surface area contributed by atoms with Crippen LogP contribution in [0.4, 0.5) is 20.3 Å². The van der Waals surface area contributed by atoms with E-state index in [9.17, 15) is 22.0 Å². The largest absolute Gasteiger partial charge is 0.365 e. The molecule has 0 bridgehead atoms. The molecule has 1 aromatic carbocycles. The molecule has 1 amide bonds. The minimum atomic E-state index is -4.63. The fourth-order valence-electron chi connectivity index (χ4n) is 1.54. The number of H-pyrrole nitrogens is 1. The lowest BCUT2D eigenvalue weighted by molar-refractivity contribution is 0.100. The Hall–Kier alpha value is -3.00. The third-order valence-electron chi connectivity index (χ3n) is 2.59. The minimum Gasteiger partial charge on any atom is -0.365 e. The summed E-state index contributed by atoms with van der Waals surface area (Å²) in [6.07, 6.45) is 1.22. The van der Waals surface area contributed by atoms with Crippen LogP contribution >= 0.6 is 0 Å². The normalized spacial score (nSPS) is 10.5. The monoisotopic (exact) mass is 357 g/mol. The van der Waals surface area contributed by atoms with Crippen LogP contribution < -0.4 is 11.1 Å². The number of anilines is 2. The number of hydrogen-bond acceptors (Lipinski definition) is 6. The second-order valence-corrected chi connectivity index (χ2v) is 6.12. The summed E-state index contributed by atoms with van der Waals surface area (Å²) in [5.41, 5.74) is 5.61. The van der Waals surface area contributed by atoms with Gasteiger partial charge < -0.3 is 11.1 Å². The van der Waals surface area contributed by atoms with Gasteiger partial charge in [0.1, 0.15) is 11.4 Å². The van der Waals surface area contributed by atoms with Gasteiger partial charge in [0.05, 0.1) is 17.2 Å². The lowest BCUT2D eigenvalue weighted by Gasteiger charge is -2.07. The van der Waals surface area contributed by atoms with E-state index in [-0.39, 0.29) is 11.4 Å². The van der Waals surface area contributed by atoms with Crippen LogP contribution in [0.3, 0.4) is 0 Å². The van der Waals surface area contributed by atoms with Crippen LogP contribution in [0.1, 0.15) is 17.3 Å². The van der Waals surface area contributed by atoms with Crippen LogP contribution in [-0.4, -0.2) is 30.3 Å². The van der Waals surface area contributed by atoms with Crippen molar-refractivity contribution in [3.63, 3.8) is 0 Å². The van der Waals surface area contributed by atoms with Gasteiger partial charge in [-0.05, 0) is 24.3 Å². The van der Waals surface area contributed by atoms with E-state index in [1.165, 1.54) is 25.3 Å². The van der Waals surface area contributed by atoms with Crippen molar-refractivity contribution in [3.05, 3.63) is 36.0 Å². The molecule has 0 fully saturated rings. The molecule has 4 N–H and O–H groups in total. The molecule has 8 nitrogen and oxygen atoms in total. The molecule has 1 aromatic heterocycles. The summed E-state index contributed by atoms with van der Waals surface area (Å²) in [4.78, 5) is 10.6. The van der Waals surface area contributed by atoms with E-state index < -0.39 is 26.4 Å². The average Bonchev–Trinajstić information content (AvgIpc) is 2.97. The third-order valence-corrected chi connectivity index (χ3v) is 3.99. The van der Waals surface area contributed by atoms with Crippen molar-refractivity contribution in [2.24, 2.45) is 5.73 Å². The number of nitrogens with zero attached hydrogens (tertiary/aromatic N) is 2. The number of nitrogens with two attached hydrogens (primary N) is 1. The van der Waals surface area contributed by atoms with Crippen LogP contribution in [0.5, 0.6) is 0 Å². The highest BCUT2D eigenvalue weighted by Gasteiger charge is 2.26. The molecule has 0 saturated heterocycles. The Morgan fingerprint density at radius 3 is 2.38 bits per heavy atom. The number of carbonyl (C=O) groups excluding carboxylic acids is 1. The van der Waals surface area contributed by atoms with Crippen molar-refractivity contribution in [1.29, 1.82) is 5.26 Å². The number of nitrogens with one attached hydrogen (secondary N) is 2.